The summed E-state index contributed by atoms with van der Waals surface area (Å²) in [6.45, 7) is -0.277. The number of para-hydroxylation sites is 2. The summed E-state index contributed by atoms with van der Waals surface area (Å²) in [4.78, 5) is 25.2. The van der Waals surface area contributed by atoms with Gasteiger partial charge in [-0.05, 0) is 23.8 Å². The van der Waals surface area contributed by atoms with Crippen molar-refractivity contribution in [3.8, 4) is 11.1 Å². The van der Waals surface area contributed by atoms with Gasteiger partial charge in [0.05, 0.1) is 13.2 Å². The number of rotatable bonds is 5. The summed E-state index contributed by atoms with van der Waals surface area (Å²) in [5.74, 6) is -0.866. The number of benzene rings is 3. The molecule has 2 amide bonds. The van der Waals surface area contributed by atoms with Crippen molar-refractivity contribution >= 4 is 39.4 Å². The van der Waals surface area contributed by atoms with E-state index < -0.39 is 11.8 Å². The molecule has 0 aliphatic carbocycles. The topological polar surface area (TPSA) is 82.8 Å². The maximum absolute atomic E-state index is 12.3. The molecule has 30 heavy (non-hydrogen) atoms. The molecule has 1 aliphatic rings. The zero-order valence-electron chi connectivity index (χ0n) is 16.0. The predicted molar refractivity (Wildman–Crippen MR) is 115 cm³/mol. The molecule has 0 saturated heterocycles. The number of carbonyl (C=O) groups excluding carboxylic acids is 2. The second kappa shape index (κ2) is 7.17. The van der Waals surface area contributed by atoms with Crippen molar-refractivity contribution in [2.75, 3.05) is 18.5 Å². The smallest absolute Gasteiger partial charge is 0.277 e. The van der Waals surface area contributed by atoms with Crippen LogP contribution in [0.15, 0.2) is 82.9 Å². The first-order valence-corrected chi connectivity index (χ1v) is 9.62. The number of hydrogen-bond donors (Lipinski definition) is 2. The largest absolute Gasteiger partial charge is 0.455 e. The van der Waals surface area contributed by atoms with Crippen LogP contribution >= 0.6 is 0 Å². The number of anilines is 1. The summed E-state index contributed by atoms with van der Waals surface area (Å²) in [6.07, 6.45) is 1.25. The molecule has 0 radical (unpaired) electrons. The Kier molecular flexibility index (Phi) is 4.34. The van der Waals surface area contributed by atoms with Gasteiger partial charge in [0.25, 0.3) is 11.8 Å². The molecule has 1 aromatic heterocycles. The molecule has 0 atom stereocenters. The monoisotopic (exact) mass is 398 g/mol. The summed E-state index contributed by atoms with van der Waals surface area (Å²) < 4.78 is 6.10. The van der Waals surface area contributed by atoms with Crippen molar-refractivity contribution in [2.24, 2.45) is 0 Å². The normalized spacial score (nSPS) is 14.0. The number of imide groups is 1. The minimum atomic E-state index is -0.440. The van der Waals surface area contributed by atoms with Crippen LogP contribution in [0.2, 0.25) is 0 Å². The fourth-order valence-electron chi connectivity index (χ4n) is 3.77. The number of hydrogen-bond acceptors (Lipinski definition) is 5. The summed E-state index contributed by atoms with van der Waals surface area (Å²) in [5.41, 5.74) is 4.53. The van der Waals surface area contributed by atoms with Crippen molar-refractivity contribution in [3.63, 3.8) is 0 Å². The molecule has 0 fully saturated rings. The molecule has 4 aromatic rings. The zero-order chi connectivity index (χ0) is 20.7. The Morgan fingerprint density at radius 3 is 2.47 bits per heavy atom. The number of amides is 2. The van der Waals surface area contributed by atoms with Crippen molar-refractivity contribution in [1.29, 1.82) is 0 Å². The molecule has 0 saturated carbocycles. The van der Waals surface area contributed by atoms with Gasteiger partial charge >= 0.3 is 0 Å². The molecule has 2 N–H and O–H groups in total. The van der Waals surface area contributed by atoms with Crippen LogP contribution in [0.25, 0.3) is 33.1 Å². The molecule has 1 aliphatic heterocycles. The van der Waals surface area contributed by atoms with Gasteiger partial charge in [-0.3, -0.25) is 14.5 Å². The first kappa shape index (κ1) is 18.1. The minimum absolute atomic E-state index is 0.0141. The van der Waals surface area contributed by atoms with Crippen LogP contribution < -0.4 is 5.32 Å². The van der Waals surface area contributed by atoms with Crippen LogP contribution in [0.1, 0.15) is 0 Å². The van der Waals surface area contributed by atoms with Crippen LogP contribution in [-0.4, -0.2) is 35.0 Å². The van der Waals surface area contributed by atoms with Crippen LogP contribution in [-0.2, 0) is 9.59 Å². The van der Waals surface area contributed by atoms with E-state index in [0.717, 1.165) is 38.0 Å². The molecule has 0 spiro atoms. The Morgan fingerprint density at radius 1 is 0.900 bits per heavy atom. The highest BCUT2D eigenvalue weighted by Crippen LogP contribution is 2.36. The molecule has 3 aromatic carbocycles. The molecule has 5 rings (SSSR count). The third kappa shape index (κ3) is 2.94. The number of carbonyl (C=O) groups is 2. The van der Waals surface area contributed by atoms with Gasteiger partial charge in [0.1, 0.15) is 16.9 Å². The standard InChI is InChI=1S/C24H18N2O4/c27-13-12-26-22(28)14-20(24(26)29)25-16-10-8-15(9-11-16)17-5-3-6-19-18-4-1-2-7-21(18)30-23(17)19/h1-11,14,25,27H,12-13H2. The van der Waals surface area contributed by atoms with Gasteiger partial charge in [-0.25, -0.2) is 0 Å². The van der Waals surface area contributed by atoms with Gasteiger partial charge in [-0.1, -0.05) is 48.5 Å². The highest BCUT2D eigenvalue weighted by molar-refractivity contribution is 6.17. The van der Waals surface area contributed by atoms with Crippen molar-refractivity contribution in [1.82, 2.24) is 4.90 Å². The summed E-state index contributed by atoms with van der Waals surface area (Å²) in [6, 6.07) is 21.6. The Labute approximate surface area is 172 Å². The van der Waals surface area contributed by atoms with E-state index in [4.69, 9.17) is 9.52 Å². The van der Waals surface area contributed by atoms with Crippen molar-refractivity contribution in [2.45, 2.75) is 0 Å². The summed E-state index contributed by atoms with van der Waals surface area (Å²) in [5, 5.41) is 14.1. The van der Waals surface area contributed by atoms with Gasteiger partial charge in [0, 0.05) is 28.1 Å². The van der Waals surface area contributed by atoms with Crippen molar-refractivity contribution in [3.05, 3.63) is 78.5 Å². The number of nitrogens with one attached hydrogen (secondary N) is 1. The molecule has 148 valence electrons. The lowest BCUT2D eigenvalue weighted by Crippen LogP contribution is -2.34. The van der Waals surface area contributed by atoms with E-state index in [0.29, 0.717) is 5.69 Å². The van der Waals surface area contributed by atoms with E-state index in [-0.39, 0.29) is 18.8 Å². The van der Waals surface area contributed by atoms with E-state index >= 15 is 0 Å². The van der Waals surface area contributed by atoms with E-state index in [1.54, 1.807) is 0 Å². The highest BCUT2D eigenvalue weighted by Gasteiger charge is 2.30. The van der Waals surface area contributed by atoms with E-state index in [1.807, 2.05) is 66.7 Å². The van der Waals surface area contributed by atoms with Gasteiger partial charge in [-0.2, -0.15) is 0 Å². The molecule has 6 nitrogen and oxygen atoms in total. The molecule has 2 heterocycles. The third-order valence-electron chi connectivity index (χ3n) is 5.21. The average Bonchev–Trinajstić information content (AvgIpc) is 3.27. The van der Waals surface area contributed by atoms with Gasteiger partial charge < -0.3 is 14.8 Å². The Balaban J connectivity index is 1.44. The molecule has 0 bridgehead atoms. The second-order valence-electron chi connectivity index (χ2n) is 7.06. The molecule has 0 unspecified atom stereocenters. The minimum Gasteiger partial charge on any atom is -0.455 e. The first-order chi connectivity index (χ1) is 14.7. The van der Waals surface area contributed by atoms with Gasteiger partial charge in [0.15, 0.2) is 0 Å². The van der Waals surface area contributed by atoms with E-state index in [2.05, 4.69) is 5.32 Å². The van der Waals surface area contributed by atoms with Crippen LogP contribution in [0.3, 0.4) is 0 Å². The fourth-order valence-corrected chi connectivity index (χ4v) is 3.77. The Hall–Kier alpha value is -3.90. The van der Waals surface area contributed by atoms with Gasteiger partial charge in [-0.15, -0.1) is 0 Å². The molecule has 6 heteroatoms. The van der Waals surface area contributed by atoms with Gasteiger partial charge in [0.2, 0.25) is 0 Å². The summed E-state index contributed by atoms with van der Waals surface area (Å²) in [7, 11) is 0. The predicted octanol–water partition coefficient (Wildman–Crippen LogP) is 3.91. The number of aliphatic hydroxyl groups is 1. The van der Waals surface area contributed by atoms with Crippen LogP contribution in [0.5, 0.6) is 0 Å². The quantitative estimate of drug-likeness (QED) is 0.498. The molecular weight excluding hydrogens is 380 g/mol. The SMILES string of the molecule is O=C1C=C(Nc2ccc(-c3cccc4c3oc3ccccc34)cc2)C(=O)N1CCO. The number of fused-ring (bicyclic) bond motifs is 3. The lowest BCUT2D eigenvalue weighted by atomic mass is 10.0. The third-order valence-corrected chi connectivity index (χ3v) is 5.21. The number of aliphatic hydroxyl groups excluding tert-OH is 1. The number of furan rings is 1. The van der Waals surface area contributed by atoms with E-state index in [9.17, 15) is 9.59 Å². The van der Waals surface area contributed by atoms with Crippen LogP contribution in [0.4, 0.5) is 5.69 Å². The fraction of sp³-hybridized carbons (Fsp3) is 0.0833. The molecular formula is C24H18N2O4. The number of nitrogens with zero attached hydrogens (tertiary/aromatic N) is 1. The highest BCUT2D eigenvalue weighted by atomic mass is 16.3. The Bertz CT molecular complexity index is 1320. The Morgan fingerprint density at radius 2 is 1.67 bits per heavy atom. The average molecular weight is 398 g/mol. The van der Waals surface area contributed by atoms with Crippen molar-refractivity contribution < 1.29 is 19.1 Å². The second-order valence-corrected chi connectivity index (χ2v) is 7.06. The zero-order valence-corrected chi connectivity index (χ0v) is 16.0. The number of β-amino-alcohol motifs (C(OH)–C–C–N with tert-alkyl or cyclic N) is 1. The first-order valence-electron chi connectivity index (χ1n) is 9.62. The van der Waals surface area contributed by atoms with Crippen LogP contribution in [0, 0.1) is 0 Å². The summed E-state index contributed by atoms with van der Waals surface area (Å²) >= 11 is 0. The maximum atomic E-state index is 12.3. The maximum Gasteiger partial charge on any atom is 0.277 e. The lowest BCUT2D eigenvalue weighted by molar-refractivity contribution is -0.137. The van der Waals surface area contributed by atoms with E-state index in [1.165, 1.54) is 6.08 Å². The lowest BCUT2D eigenvalue weighted by Gasteiger charge is -2.13.